The first kappa shape index (κ1) is 15.0. The number of para-hydroxylation sites is 1. The SMILES string of the molecule is CC1Cc2ccccc2N1C(=O)CCc1nn2c(C3CC3)nnc2s1. The lowest BCUT2D eigenvalue weighted by molar-refractivity contribution is -0.118. The molecule has 1 atom stereocenters. The fraction of sp³-hybridized carbons (Fsp3) is 0.444. The summed E-state index contributed by atoms with van der Waals surface area (Å²) in [5, 5.41) is 14.1. The van der Waals surface area contributed by atoms with Gasteiger partial charge in [-0.2, -0.15) is 9.61 Å². The predicted octanol–water partition coefficient (Wildman–Crippen LogP) is 2.97. The first-order chi connectivity index (χ1) is 12.2. The maximum Gasteiger partial charge on any atom is 0.234 e. The molecule has 128 valence electrons. The van der Waals surface area contributed by atoms with Crippen LogP contribution in [0.2, 0.25) is 0 Å². The van der Waals surface area contributed by atoms with E-state index in [1.807, 2.05) is 27.6 Å². The molecule has 1 aliphatic carbocycles. The Morgan fingerprint density at radius 3 is 2.96 bits per heavy atom. The molecule has 3 heterocycles. The Morgan fingerprint density at radius 1 is 1.28 bits per heavy atom. The molecular weight excluding hydrogens is 334 g/mol. The van der Waals surface area contributed by atoms with E-state index in [9.17, 15) is 4.79 Å². The van der Waals surface area contributed by atoms with Gasteiger partial charge in [0.15, 0.2) is 5.82 Å². The number of rotatable bonds is 4. The molecule has 0 radical (unpaired) electrons. The van der Waals surface area contributed by atoms with E-state index >= 15 is 0 Å². The van der Waals surface area contributed by atoms with Gasteiger partial charge in [-0.15, -0.1) is 10.2 Å². The molecule has 2 aromatic heterocycles. The lowest BCUT2D eigenvalue weighted by Gasteiger charge is -2.22. The van der Waals surface area contributed by atoms with E-state index in [4.69, 9.17) is 0 Å². The molecule has 0 spiro atoms. The van der Waals surface area contributed by atoms with Gasteiger partial charge in [0.2, 0.25) is 10.9 Å². The summed E-state index contributed by atoms with van der Waals surface area (Å²) in [6, 6.07) is 8.42. The molecule has 1 saturated carbocycles. The van der Waals surface area contributed by atoms with E-state index in [-0.39, 0.29) is 11.9 Å². The van der Waals surface area contributed by atoms with Crippen LogP contribution in [0.1, 0.15) is 48.5 Å². The summed E-state index contributed by atoms with van der Waals surface area (Å²) >= 11 is 1.54. The third-order valence-electron chi connectivity index (χ3n) is 5.03. The number of fused-ring (bicyclic) bond motifs is 2. The minimum atomic E-state index is 0.172. The van der Waals surface area contributed by atoms with E-state index in [2.05, 4.69) is 28.3 Å². The van der Waals surface area contributed by atoms with Crippen LogP contribution in [0.15, 0.2) is 24.3 Å². The zero-order valence-electron chi connectivity index (χ0n) is 14.1. The quantitative estimate of drug-likeness (QED) is 0.723. The first-order valence-electron chi connectivity index (χ1n) is 8.81. The summed E-state index contributed by atoms with van der Waals surface area (Å²) in [4.78, 5) is 15.6. The van der Waals surface area contributed by atoms with Crippen LogP contribution in [0.25, 0.3) is 4.96 Å². The standard InChI is InChI=1S/C18H19N5OS/c1-11-10-13-4-2-3-5-14(13)22(11)16(24)9-8-15-21-23-17(12-6-7-12)19-20-18(23)25-15/h2-5,11-12H,6-10H2,1H3. The van der Waals surface area contributed by atoms with Crippen LogP contribution in [-0.4, -0.2) is 31.8 Å². The van der Waals surface area contributed by atoms with Crippen LogP contribution in [0.5, 0.6) is 0 Å². The van der Waals surface area contributed by atoms with Gasteiger partial charge in [-0.3, -0.25) is 4.79 Å². The van der Waals surface area contributed by atoms with E-state index < -0.39 is 0 Å². The van der Waals surface area contributed by atoms with Gasteiger partial charge < -0.3 is 4.90 Å². The molecule has 1 aliphatic heterocycles. The van der Waals surface area contributed by atoms with Crippen LogP contribution in [0, 0.1) is 0 Å². The molecule has 1 aromatic carbocycles. The Morgan fingerprint density at radius 2 is 2.12 bits per heavy atom. The summed E-state index contributed by atoms with van der Waals surface area (Å²) < 4.78 is 1.87. The molecule has 1 fully saturated rings. The van der Waals surface area contributed by atoms with Crippen molar-refractivity contribution in [3.8, 4) is 0 Å². The Labute approximate surface area is 149 Å². The minimum absolute atomic E-state index is 0.172. The van der Waals surface area contributed by atoms with Crippen molar-refractivity contribution in [1.29, 1.82) is 0 Å². The van der Waals surface area contributed by atoms with Crippen molar-refractivity contribution < 1.29 is 4.79 Å². The number of hydrogen-bond donors (Lipinski definition) is 0. The van der Waals surface area contributed by atoms with Crippen molar-refractivity contribution in [2.75, 3.05) is 4.90 Å². The van der Waals surface area contributed by atoms with Crippen LogP contribution in [0.4, 0.5) is 5.69 Å². The molecule has 1 amide bonds. The van der Waals surface area contributed by atoms with Gasteiger partial charge >= 0.3 is 0 Å². The number of nitrogens with zero attached hydrogens (tertiary/aromatic N) is 5. The van der Waals surface area contributed by atoms with Crippen molar-refractivity contribution in [1.82, 2.24) is 19.8 Å². The van der Waals surface area contributed by atoms with Crippen molar-refractivity contribution in [3.05, 3.63) is 40.7 Å². The van der Waals surface area contributed by atoms with E-state index in [1.165, 1.54) is 18.4 Å². The molecule has 1 unspecified atom stereocenters. The maximum absolute atomic E-state index is 12.8. The van der Waals surface area contributed by atoms with Crippen molar-refractivity contribution >= 4 is 27.9 Å². The van der Waals surface area contributed by atoms with Gasteiger partial charge in [-0.25, -0.2) is 0 Å². The Hall–Kier alpha value is -2.28. The number of benzene rings is 1. The van der Waals surface area contributed by atoms with Crippen LogP contribution in [0.3, 0.4) is 0 Å². The molecule has 3 aromatic rings. The van der Waals surface area contributed by atoms with E-state index in [0.29, 0.717) is 18.8 Å². The summed E-state index contributed by atoms with van der Waals surface area (Å²) in [6.07, 6.45) is 4.42. The van der Waals surface area contributed by atoms with Gasteiger partial charge in [0.25, 0.3) is 0 Å². The predicted molar refractivity (Wildman–Crippen MR) is 96.0 cm³/mol. The first-order valence-corrected chi connectivity index (χ1v) is 9.63. The molecule has 0 N–H and O–H groups in total. The third kappa shape index (κ3) is 2.54. The lowest BCUT2D eigenvalue weighted by atomic mass is 10.1. The highest BCUT2D eigenvalue weighted by Crippen LogP contribution is 2.39. The fourth-order valence-corrected chi connectivity index (χ4v) is 4.49. The smallest absolute Gasteiger partial charge is 0.234 e. The summed E-state index contributed by atoms with van der Waals surface area (Å²) in [5.41, 5.74) is 2.32. The molecule has 5 rings (SSSR count). The number of carbonyl (C=O) groups excluding carboxylic acids is 1. The van der Waals surface area contributed by atoms with Crippen LogP contribution in [-0.2, 0) is 17.6 Å². The van der Waals surface area contributed by atoms with E-state index in [0.717, 1.165) is 27.9 Å². The van der Waals surface area contributed by atoms with Gasteiger partial charge in [0, 0.05) is 30.5 Å². The normalized spacial score (nSPS) is 19.6. The number of carbonyl (C=O) groups is 1. The number of hydrogen-bond acceptors (Lipinski definition) is 5. The molecule has 0 saturated heterocycles. The third-order valence-corrected chi connectivity index (χ3v) is 5.99. The second kappa shape index (κ2) is 5.62. The van der Waals surface area contributed by atoms with Crippen LogP contribution >= 0.6 is 11.3 Å². The monoisotopic (exact) mass is 353 g/mol. The van der Waals surface area contributed by atoms with E-state index in [1.54, 1.807) is 11.3 Å². The Bertz CT molecular complexity index is 957. The number of aryl methyl sites for hydroxylation is 1. The maximum atomic E-state index is 12.8. The summed E-state index contributed by atoms with van der Waals surface area (Å²) in [6.45, 7) is 2.11. The highest BCUT2D eigenvalue weighted by molar-refractivity contribution is 7.16. The second-order valence-electron chi connectivity index (χ2n) is 6.97. The van der Waals surface area contributed by atoms with Gasteiger partial charge in [0.1, 0.15) is 5.01 Å². The second-order valence-corrected chi connectivity index (χ2v) is 8.01. The Balaban J connectivity index is 1.32. The van der Waals surface area contributed by atoms with Crippen molar-refractivity contribution in [2.45, 2.75) is 51.0 Å². The highest BCUT2D eigenvalue weighted by Gasteiger charge is 2.31. The molecular formula is C18H19N5OS. The molecule has 6 nitrogen and oxygen atoms in total. The van der Waals surface area contributed by atoms with Crippen molar-refractivity contribution in [2.24, 2.45) is 0 Å². The lowest BCUT2D eigenvalue weighted by Crippen LogP contribution is -2.35. The average molecular weight is 353 g/mol. The molecule has 7 heteroatoms. The highest BCUT2D eigenvalue weighted by atomic mass is 32.1. The van der Waals surface area contributed by atoms with Gasteiger partial charge in [0.05, 0.1) is 0 Å². The minimum Gasteiger partial charge on any atom is -0.309 e. The van der Waals surface area contributed by atoms with Gasteiger partial charge in [-0.1, -0.05) is 29.5 Å². The molecule has 0 bridgehead atoms. The topological polar surface area (TPSA) is 63.4 Å². The Kier molecular flexibility index (Phi) is 3.38. The number of amides is 1. The zero-order chi connectivity index (χ0) is 17.0. The summed E-state index contributed by atoms with van der Waals surface area (Å²) in [5.74, 6) is 1.67. The molecule has 25 heavy (non-hydrogen) atoms. The molecule has 2 aliphatic rings. The zero-order valence-corrected chi connectivity index (χ0v) is 14.9. The van der Waals surface area contributed by atoms with Gasteiger partial charge in [-0.05, 0) is 37.8 Å². The summed E-state index contributed by atoms with van der Waals surface area (Å²) in [7, 11) is 0. The van der Waals surface area contributed by atoms with Crippen molar-refractivity contribution in [3.63, 3.8) is 0 Å². The number of aromatic nitrogens is 4. The fourth-order valence-electron chi connectivity index (χ4n) is 3.65. The van der Waals surface area contributed by atoms with Crippen LogP contribution < -0.4 is 4.90 Å². The largest absolute Gasteiger partial charge is 0.309 e. The number of anilines is 1. The average Bonchev–Trinajstić information content (AvgIpc) is 3.10.